The van der Waals surface area contributed by atoms with Crippen LogP contribution in [0.4, 0.5) is 5.82 Å². The van der Waals surface area contributed by atoms with E-state index >= 15 is 0 Å². The van der Waals surface area contributed by atoms with Crippen molar-refractivity contribution in [2.75, 3.05) is 12.0 Å². The maximum atomic E-state index is 9.75. The van der Waals surface area contributed by atoms with Crippen LogP contribution in [0.2, 0.25) is 0 Å². The van der Waals surface area contributed by atoms with Crippen molar-refractivity contribution in [1.29, 1.82) is 0 Å². The molecular weight excluding hydrogens is 250 g/mol. The third-order valence-electron chi connectivity index (χ3n) is 3.30. The zero-order valence-corrected chi connectivity index (χ0v) is 10.4. The second-order valence-electron chi connectivity index (χ2n) is 4.48. The molecule has 0 aromatic carbocycles. The van der Waals surface area contributed by atoms with Crippen LogP contribution in [-0.2, 0) is 4.74 Å². The van der Waals surface area contributed by atoms with Crippen molar-refractivity contribution in [1.82, 2.24) is 9.55 Å². The zero-order valence-electron chi connectivity index (χ0n) is 10.4. The molecule has 2 aliphatic rings. The van der Waals surface area contributed by atoms with E-state index in [4.69, 9.17) is 10.6 Å². The summed E-state index contributed by atoms with van der Waals surface area (Å²) >= 11 is 0. The van der Waals surface area contributed by atoms with Crippen molar-refractivity contribution in [3.8, 4) is 0 Å². The topological polar surface area (TPSA) is 122 Å². The molecule has 4 N–H and O–H groups in total. The number of hydrogen-bond acceptors (Lipinski definition) is 7. The molecule has 0 spiro atoms. The smallest absolute Gasteiger partial charge is 0.203 e. The third kappa shape index (κ3) is 1.96. The fourth-order valence-electron chi connectivity index (χ4n) is 2.29. The zero-order chi connectivity index (χ0) is 13.4. The minimum atomic E-state index is -0.469. The Balaban J connectivity index is 1.92. The first-order valence-electron chi connectivity index (χ1n) is 6.00. The minimum Gasteiger partial charge on any atom is -0.390 e. The van der Waals surface area contributed by atoms with Crippen molar-refractivity contribution < 1.29 is 9.84 Å². The lowest BCUT2D eigenvalue weighted by molar-refractivity contribution is -0.00706. The number of aromatic nitrogens is 2. The number of hydrogen-bond donors (Lipinski definition) is 3. The van der Waals surface area contributed by atoms with E-state index in [2.05, 4.69) is 25.6 Å². The second-order valence-corrected chi connectivity index (χ2v) is 4.48. The summed E-state index contributed by atoms with van der Waals surface area (Å²) in [5.41, 5.74) is 0.582. The van der Waals surface area contributed by atoms with Gasteiger partial charge in [0.15, 0.2) is 5.69 Å². The summed E-state index contributed by atoms with van der Waals surface area (Å²) in [5.74, 6) is 6.19. The van der Waals surface area contributed by atoms with Gasteiger partial charge in [0, 0.05) is 6.42 Å². The van der Waals surface area contributed by atoms with E-state index in [9.17, 15) is 5.11 Å². The van der Waals surface area contributed by atoms with Crippen LogP contribution < -0.4 is 11.2 Å². The summed E-state index contributed by atoms with van der Waals surface area (Å²) in [7, 11) is 0. The van der Waals surface area contributed by atoms with Crippen LogP contribution in [0.1, 0.15) is 25.3 Å². The molecule has 0 saturated carbocycles. The average molecular weight is 265 g/mol. The number of fused-ring (bicyclic) bond motifs is 1. The summed E-state index contributed by atoms with van der Waals surface area (Å²) < 4.78 is 7.53. The normalized spacial score (nSPS) is 30.2. The maximum absolute atomic E-state index is 9.75. The predicted molar refractivity (Wildman–Crippen MR) is 66.5 cm³/mol. The fraction of sp³-hybridized carbons (Fsp3) is 0.600. The number of rotatable bonds is 1. The first-order chi connectivity index (χ1) is 9.20. The number of nitrogens with two attached hydrogens (primary N) is 1. The fourth-order valence-corrected chi connectivity index (χ4v) is 2.29. The SMILES string of the molecule is C[C@H]1O[C@@H](n2cnc3c2NCN=C3N=NN)C[C@@H]1O. The Morgan fingerprint density at radius 2 is 2.47 bits per heavy atom. The van der Waals surface area contributed by atoms with Gasteiger partial charge in [-0.05, 0) is 6.92 Å². The Morgan fingerprint density at radius 3 is 3.16 bits per heavy atom. The molecule has 3 atom stereocenters. The van der Waals surface area contributed by atoms with Gasteiger partial charge in [0.05, 0.1) is 18.5 Å². The van der Waals surface area contributed by atoms with Gasteiger partial charge in [-0.25, -0.2) is 9.98 Å². The van der Waals surface area contributed by atoms with E-state index in [1.807, 2.05) is 11.5 Å². The third-order valence-corrected chi connectivity index (χ3v) is 3.30. The quantitative estimate of drug-likeness (QED) is 0.375. The Morgan fingerprint density at radius 1 is 1.63 bits per heavy atom. The molecule has 102 valence electrons. The van der Waals surface area contributed by atoms with Gasteiger partial charge in [0.1, 0.15) is 18.7 Å². The van der Waals surface area contributed by atoms with E-state index in [1.165, 1.54) is 0 Å². The highest BCUT2D eigenvalue weighted by molar-refractivity contribution is 6.02. The van der Waals surface area contributed by atoms with E-state index in [-0.39, 0.29) is 12.3 Å². The summed E-state index contributed by atoms with van der Waals surface area (Å²) in [5, 5.41) is 19.8. The number of aliphatic hydroxyl groups excluding tert-OH is 1. The lowest BCUT2D eigenvalue weighted by atomic mass is 10.2. The van der Waals surface area contributed by atoms with Crippen LogP contribution in [0.25, 0.3) is 0 Å². The van der Waals surface area contributed by atoms with E-state index in [0.29, 0.717) is 24.6 Å². The van der Waals surface area contributed by atoms with Crippen molar-refractivity contribution in [2.45, 2.75) is 31.8 Å². The highest BCUT2D eigenvalue weighted by Gasteiger charge is 2.34. The first kappa shape index (κ1) is 12.1. The van der Waals surface area contributed by atoms with Crippen molar-refractivity contribution in [3.63, 3.8) is 0 Å². The summed E-state index contributed by atoms with van der Waals surface area (Å²) in [6.45, 7) is 2.22. The Labute approximate surface area is 109 Å². The molecule has 3 rings (SSSR count). The number of nitrogens with zero attached hydrogens (tertiary/aromatic N) is 5. The molecule has 0 bridgehead atoms. The molecule has 9 nitrogen and oxygen atoms in total. The van der Waals surface area contributed by atoms with E-state index < -0.39 is 6.10 Å². The molecule has 0 unspecified atom stereocenters. The van der Waals surface area contributed by atoms with Gasteiger partial charge in [-0.1, -0.05) is 5.22 Å². The molecule has 0 amide bonds. The molecule has 2 aliphatic heterocycles. The highest BCUT2D eigenvalue weighted by Crippen LogP contribution is 2.33. The molecule has 1 fully saturated rings. The van der Waals surface area contributed by atoms with Gasteiger partial charge < -0.3 is 21.0 Å². The van der Waals surface area contributed by atoms with Crippen LogP contribution in [-0.4, -0.2) is 39.4 Å². The maximum Gasteiger partial charge on any atom is 0.203 e. The Bertz CT molecular complexity index is 528. The highest BCUT2D eigenvalue weighted by atomic mass is 16.5. The van der Waals surface area contributed by atoms with Crippen LogP contribution >= 0.6 is 0 Å². The molecule has 9 heteroatoms. The number of imidazole rings is 1. The summed E-state index contributed by atoms with van der Waals surface area (Å²) in [6.07, 6.45) is 1.26. The summed E-state index contributed by atoms with van der Waals surface area (Å²) in [6, 6.07) is 0. The standard InChI is InChI=1S/C10H15N7O2/c1-5-6(18)2-7(19-5)17-4-14-8-9(15-16-11)12-3-13-10(8)17/h4-7,13,18H,2-3H2,1H3,(H2,11,12,15)/t5-,6+,7-/m1/s1. The van der Waals surface area contributed by atoms with Crippen LogP contribution in [0.5, 0.6) is 0 Å². The number of aliphatic imine (C=N–C) groups is 1. The molecule has 1 aromatic rings. The molecular formula is C10H15N7O2. The van der Waals surface area contributed by atoms with Crippen LogP contribution in [0.3, 0.4) is 0 Å². The van der Waals surface area contributed by atoms with Gasteiger partial charge in [-0.3, -0.25) is 4.57 Å². The second kappa shape index (κ2) is 4.59. The molecule has 3 heterocycles. The molecule has 0 radical (unpaired) electrons. The van der Waals surface area contributed by atoms with Crippen LogP contribution in [0.15, 0.2) is 21.7 Å². The number of amidine groups is 1. The Hall–Kier alpha value is -2.00. The van der Waals surface area contributed by atoms with Gasteiger partial charge in [0.2, 0.25) is 5.84 Å². The van der Waals surface area contributed by atoms with Crippen molar-refractivity contribution in [3.05, 3.63) is 12.0 Å². The average Bonchev–Trinajstić information content (AvgIpc) is 2.95. The molecule has 0 aliphatic carbocycles. The van der Waals surface area contributed by atoms with E-state index in [0.717, 1.165) is 5.82 Å². The van der Waals surface area contributed by atoms with Gasteiger partial charge in [-0.15, -0.1) is 5.11 Å². The number of aliphatic hydroxyl groups is 1. The monoisotopic (exact) mass is 265 g/mol. The molecule has 1 aromatic heterocycles. The molecule has 1 saturated heterocycles. The van der Waals surface area contributed by atoms with Gasteiger partial charge in [-0.2, -0.15) is 0 Å². The van der Waals surface area contributed by atoms with Crippen molar-refractivity contribution in [2.24, 2.45) is 21.2 Å². The predicted octanol–water partition coefficient (Wildman–Crippen LogP) is 0.00690. The number of ether oxygens (including phenoxy) is 1. The van der Waals surface area contributed by atoms with E-state index in [1.54, 1.807) is 6.33 Å². The first-order valence-corrected chi connectivity index (χ1v) is 6.00. The largest absolute Gasteiger partial charge is 0.390 e. The van der Waals surface area contributed by atoms with Crippen LogP contribution in [0, 0.1) is 0 Å². The summed E-state index contributed by atoms with van der Waals surface area (Å²) in [4.78, 5) is 8.38. The molecule has 19 heavy (non-hydrogen) atoms. The van der Waals surface area contributed by atoms with Gasteiger partial charge in [0.25, 0.3) is 0 Å². The number of nitrogens with one attached hydrogen (secondary N) is 1. The Kier molecular flexibility index (Phi) is 2.91. The lowest BCUT2D eigenvalue weighted by Crippen LogP contribution is -2.18. The minimum absolute atomic E-state index is 0.191. The number of anilines is 1. The van der Waals surface area contributed by atoms with Crippen molar-refractivity contribution >= 4 is 11.7 Å². The lowest BCUT2D eigenvalue weighted by Gasteiger charge is -2.18. The van der Waals surface area contributed by atoms with Gasteiger partial charge >= 0.3 is 0 Å².